The van der Waals surface area contributed by atoms with E-state index in [1.165, 1.54) is 0 Å². The number of carbonyl (C=O) groups is 1. The molecule has 0 spiro atoms. The van der Waals surface area contributed by atoms with E-state index in [-0.39, 0.29) is 10.7 Å². The first-order chi connectivity index (χ1) is 7.43. The van der Waals surface area contributed by atoms with Crippen LogP contribution < -0.4 is 5.73 Å². The fourth-order valence-electron chi connectivity index (χ4n) is 2.72. The molecule has 1 aliphatic heterocycles. The maximum Gasteiger partial charge on any atom is 0.242 e. The Hall–Kier alpha value is -0.220. The second-order valence-electron chi connectivity index (χ2n) is 5.70. The Morgan fingerprint density at radius 1 is 1.31 bits per heavy atom. The van der Waals surface area contributed by atoms with Crippen molar-refractivity contribution in [2.24, 2.45) is 5.73 Å². The lowest BCUT2D eigenvalue weighted by Gasteiger charge is -2.40. The van der Waals surface area contributed by atoms with E-state index < -0.39 is 5.54 Å². The van der Waals surface area contributed by atoms with Crippen LogP contribution in [-0.4, -0.2) is 39.9 Å². The Labute approximate surface area is 102 Å². The Balaban J connectivity index is 2.04. The van der Waals surface area contributed by atoms with Gasteiger partial charge in [-0.2, -0.15) is 11.8 Å². The highest BCUT2D eigenvalue weighted by molar-refractivity contribution is 8.00. The smallest absolute Gasteiger partial charge is 0.242 e. The molecule has 0 atom stereocenters. The molecule has 92 valence electrons. The molecule has 0 unspecified atom stereocenters. The van der Waals surface area contributed by atoms with E-state index in [9.17, 15) is 4.79 Å². The average Bonchev–Trinajstić information content (AvgIpc) is 2.64. The molecule has 2 rings (SSSR count). The number of carbonyl (C=O) groups excluding carboxylic acids is 1. The molecular formula is C12H22N2OS. The highest BCUT2D eigenvalue weighted by atomic mass is 32.2. The lowest BCUT2D eigenvalue weighted by molar-refractivity contribution is -0.137. The molecule has 0 aromatic carbocycles. The number of rotatable bonds is 1. The highest BCUT2D eigenvalue weighted by Crippen LogP contribution is 2.34. The van der Waals surface area contributed by atoms with Crippen LogP contribution in [0.4, 0.5) is 0 Å². The SMILES string of the molecule is CC1(C)CN(C(=O)C2(N)CCCC2)CCS1. The normalized spacial score (nSPS) is 28.1. The van der Waals surface area contributed by atoms with Gasteiger partial charge in [-0.1, -0.05) is 12.8 Å². The van der Waals surface area contributed by atoms with Crippen LogP contribution in [0.1, 0.15) is 39.5 Å². The summed E-state index contributed by atoms with van der Waals surface area (Å²) in [6, 6.07) is 0. The van der Waals surface area contributed by atoms with Crippen LogP contribution in [0.5, 0.6) is 0 Å². The van der Waals surface area contributed by atoms with Crippen molar-refractivity contribution in [3.63, 3.8) is 0 Å². The van der Waals surface area contributed by atoms with Crippen LogP contribution in [-0.2, 0) is 4.79 Å². The molecule has 2 fully saturated rings. The van der Waals surface area contributed by atoms with Gasteiger partial charge in [-0.15, -0.1) is 0 Å². The number of hydrogen-bond acceptors (Lipinski definition) is 3. The van der Waals surface area contributed by atoms with Crippen molar-refractivity contribution < 1.29 is 4.79 Å². The first-order valence-corrected chi connectivity index (χ1v) is 7.14. The van der Waals surface area contributed by atoms with Crippen LogP contribution >= 0.6 is 11.8 Å². The molecule has 1 aliphatic carbocycles. The number of thioether (sulfide) groups is 1. The molecule has 0 aromatic rings. The zero-order valence-corrected chi connectivity index (χ0v) is 11.1. The van der Waals surface area contributed by atoms with Crippen molar-refractivity contribution in [2.45, 2.75) is 49.8 Å². The fraction of sp³-hybridized carbons (Fsp3) is 0.917. The lowest BCUT2D eigenvalue weighted by Crippen LogP contribution is -2.57. The van der Waals surface area contributed by atoms with Gasteiger partial charge in [-0.25, -0.2) is 0 Å². The summed E-state index contributed by atoms with van der Waals surface area (Å²) in [6.07, 6.45) is 3.95. The Bertz CT molecular complexity index is 285. The third-order valence-corrected chi connectivity index (χ3v) is 4.93. The third kappa shape index (κ3) is 2.38. The first-order valence-electron chi connectivity index (χ1n) is 6.15. The molecule has 1 saturated heterocycles. The summed E-state index contributed by atoms with van der Waals surface area (Å²) in [5, 5.41) is 0. The molecule has 1 heterocycles. The van der Waals surface area contributed by atoms with Crippen molar-refractivity contribution in [3.8, 4) is 0 Å². The molecule has 16 heavy (non-hydrogen) atoms. The van der Waals surface area contributed by atoms with Crippen LogP contribution in [0.3, 0.4) is 0 Å². The second-order valence-corrected chi connectivity index (χ2v) is 7.50. The van der Waals surface area contributed by atoms with E-state index in [4.69, 9.17) is 5.73 Å². The van der Waals surface area contributed by atoms with Gasteiger partial charge in [0.2, 0.25) is 5.91 Å². The van der Waals surface area contributed by atoms with E-state index in [1.54, 1.807) is 0 Å². The van der Waals surface area contributed by atoms with Gasteiger partial charge in [0.15, 0.2) is 0 Å². The molecule has 4 heteroatoms. The maximum absolute atomic E-state index is 12.4. The number of amides is 1. The lowest BCUT2D eigenvalue weighted by atomic mass is 9.96. The van der Waals surface area contributed by atoms with Gasteiger partial charge in [0.05, 0.1) is 5.54 Å². The zero-order valence-electron chi connectivity index (χ0n) is 10.3. The quantitative estimate of drug-likeness (QED) is 0.760. The summed E-state index contributed by atoms with van der Waals surface area (Å²) in [7, 11) is 0. The van der Waals surface area contributed by atoms with Gasteiger partial charge in [-0.3, -0.25) is 4.79 Å². The third-order valence-electron chi connectivity index (χ3n) is 3.63. The van der Waals surface area contributed by atoms with E-state index >= 15 is 0 Å². The van der Waals surface area contributed by atoms with Gasteiger partial charge >= 0.3 is 0 Å². The zero-order chi connectivity index (χ0) is 11.8. The molecule has 1 amide bonds. The highest BCUT2D eigenvalue weighted by Gasteiger charge is 2.42. The fourth-order valence-corrected chi connectivity index (χ4v) is 3.84. The first kappa shape index (κ1) is 12.2. The Morgan fingerprint density at radius 2 is 1.94 bits per heavy atom. The molecule has 0 bridgehead atoms. The number of nitrogens with two attached hydrogens (primary N) is 1. The van der Waals surface area contributed by atoms with Crippen molar-refractivity contribution in [2.75, 3.05) is 18.8 Å². The van der Waals surface area contributed by atoms with Gasteiger partial charge in [0.25, 0.3) is 0 Å². The summed E-state index contributed by atoms with van der Waals surface area (Å²) >= 11 is 1.95. The van der Waals surface area contributed by atoms with Gasteiger partial charge < -0.3 is 10.6 Å². The van der Waals surface area contributed by atoms with E-state index in [0.29, 0.717) is 0 Å². The summed E-state index contributed by atoms with van der Waals surface area (Å²) in [6.45, 7) is 6.12. The number of hydrogen-bond donors (Lipinski definition) is 1. The van der Waals surface area contributed by atoms with Gasteiger partial charge in [0, 0.05) is 23.6 Å². The van der Waals surface area contributed by atoms with Crippen molar-refractivity contribution >= 4 is 17.7 Å². The predicted molar refractivity (Wildman–Crippen MR) is 68.5 cm³/mol. The minimum atomic E-state index is -0.544. The van der Waals surface area contributed by atoms with Crippen LogP contribution in [0.15, 0.2) is 0 Å². The van der Waals surface area contributed by atoms with E-state index in [0.717, 1.165) is 44.5 Å². The Kier molecular flexibility index (Phi) is 3.23. The summed E-state index contributed by atoms with van der Waals surface area (Å²) in [4.78, 5) is 14.4. The summed E-state index contributed by atoms with van der Waals surface area (Å²) < 4.78 is 0.183. The van der Waals surface area contributed by atoms with Crippen molar-refractivity contribution in [1.29, 1.82) is 0 Å². The molecule has 0 aromatic heterocycles. The number of nitrogens with zero attached hydrogens (tertiary/aromatic N) is 1. The predicted octanol–water partition coefficient (Wildman–Crippen LogP) is 1.61. The molecule has 0 radical (unpaired) electrons. The summed E-state index contributed by atoms with van der Waals surface area (Å²) in [5.74, 6) is 1.23. The van der Waals surface area contributed by atoms with Gasteiger partial charge in [-0.05, 0) is 26.7 Å². The molecule has 2 N–H and O–H groups in total. The van der Waals surface area contributed by atoms with E-state index in [1.807, 2.05) is 16.7 Å². The van der Waals surface area contributed by atoms with E-state index in [2.05, 4.69) is 13.8 Å². The second kappa shape index (κ2) is 4.22. The van der Waals surface area contributed by atoms with Crippen molar-refractivity contribution in [1.82, 2.24) is 4.90 Å². The molecular weight excluding hydrogens is 220 g/mol. The minimum absolute atomic E-state index is 0.183. The van der Waals surface area contributed by atoms with Crippen LogP contribution in [0.25, 0.3) is 0 Å². The van der Waals surface area contributed by atoms with Crippen molar-refractivity contribution in [3.05, 3.63) is 0 Å². The molecule has 3 nitrogen and oxygen atoms in total. The molecule has 1 saturated carbocycles. The standard InChI is InChI=1S/C12H22N2OS/c1-11(2)9-14(7-8-16-11)10(15)12(13)5-3-4-6-12/h3-9,13H2,1-2H3. The van der Waals surface area contributed by atoms with Gasteiger partial charge in [0.1, 0.15) is 0 Å². The topological polar surface area (TPSA) is 46.3 Å². The Morgan fingerprint density at radius 3 is 2.50 bits per heavy atom. The summed E-state index contributed by atoms with van der Waals surface area (Å²) in [5.41, 5.74) is 5.68. The minimum Gasteiger partial charge on any atom is -0.339 e. The average molecular weight is 242 g/mol. The van der Waals surface area contributed by atoms with Crippen LogP contribution in [0.2, 0.25) is 0 Å². The molecule has 2 aliphatic rings. The van der Waals surface area contributed by atoms with Crippen LogP contribution in [0, 0.1) is 0 Å². The largest absolute Gasteiger partial charge is 0.339 e. The maximum atomic E-state index is 12.4. The monoisotopic (exact) mass is 242 g/mol.